The molecule has 0 saturated carbocycles. The minimum atomic E-state index is -0.351. The van der Waals surface area contributed by atoms with Crippen molar-refractivity contribution >= 4 is 27.3 Å². The fourth-order valence-electron chi connectivity index (χ4n) is 2.62. The van der Waals surface area contributed by atoms with Crippen molar-refractivity contribution in [3.63, 3.8) is 0 Å². The van der Waals surface area contributed by atoms with Crippen LogP contribution in [0.15, 0.2) is 24.3 Å². The largest absolute Gasteiger partial charge is 0.305 e. The second-order valence-electron chi connectivity index (χ2n) is 5.39. The molecule has 0 spiro atoms. The molecule has 1 aliphatic rings. The van der Waals surface area contributed by atoms with Crippen molar-refractivity contribution < 1.29 is 4.79 Å². The molecule has 0 aliphatic carbocycles. The standard InChI is InChI=1S/C15H18N2OS/c1-15(8-4-5-9-16-15)13(18)10-14-17-11-6-2-3-7-12(11)19-14/h2-3,6-7,16H,4-5,8-10H2,1H3. The number of para-hydroxylation sites is 1. The third-order valence-electron chi connectivity index (χ3n) is 3.88. The Morgan fingerprint density at radius 2 is 2.26 bits per heavy atom. The number of nitrogens with zero attached hydrogens (tertiary/aromatic N) is 1. The van der Waals surface area contributed by atoms with Gasteiger partial charge in [0, 0.05) is 0 Å². The number of Topliss-reactive ketones (excluding diaryl/α,β-unsaturated/α-hetero) is 1. The number of piperidine rings is 1. The zero-order valence-electron chi connectivity index (χ0n) is 11.1. The number of nitrogens with one attached hydrogen (secondary N) is 1. The monoisotopic (exact) mass is 274 g/mol. The second-order valence-corrected chi connectivity index (χ2v) is 6.51. The lowest BCUT2D eigenvalue weighted by atomic mass is 9.85. The normalized spacial score (nSPS) is 23.6. The van der Waals surface area contributed by atoms with Gasteiger partial charge in [-0.15, -0.1) is 11.3 Å². The molecule has 0 radical (unpaired) electrons. The van der Waals surface area contributed by atoms with Crippen molar-refractivity contribution in [2.45, 2.75) is 38.1 Å². The minimum Gasteiger partial charge on any atom is -0.305 e. The number of benzene rings is 1. The third kappa shape index (κ3) is 2.55. The van der Waals surface area contributed by atoms with E-state index in [4.69, 9.17) is 0 Å². The Hall–Kier alpha value is -1.26. The molecule has 1 aromatic heterocycles. The maximum absolute atomic E-state index is 12.5. The van der Waals surface area contributed by atoms with E-state index < -0.39 is 0 Å². The van der Waals surface area contributed by atoms with E-state index in [2.05, 4.69) is 16.4 Å². The van der Waals surface area contributed by atoms with E-state index in [0.29, 0.717) is 6.42 Å². The van der Waals surface area contributed by atoms with Crippen molar-refractivity contribution in [1.82, 2.24) is 10.3 Å². The molecule has 2 aromatic rings. The number of fused-ring (bicyclic) bond motifs is 1. The van der Waals surface area contributed by atoms with E-state index in [1.54, 1.807) is 11.3 Å². The van der Waals surface area contributed by atoms with Crippen molar-refractivity contribution in [2.75, 3.05) is 6.54 Å². The Morgan fingerprint density at radius 1 is 1.42 bits per heavy atom. The molecule has 19 heavy (non-hydrogen) atoms. The van der Waals surface area contributed by atoms with Gasteiger partial charge in [-0.05, 0) is 44.9 Å². The van der Waals surface area contributed by atoms with Gasteiger partial charge in [0.1, 0.15) is 5.01 Å². The first-order valence-corrected chi connectivity index (χ1v) is 7.62. The molecule has 1 atom stereocenters. The highest BCUT2D eigenvalue weighted by molar-refractivity contribution is 7.18. The van der Waals surface area contributed by atoms with E-state index in [1.165, 1.54) is 6.42 Å². The molecule has 3 rings (SSSR count). The molecule has 3 nitrogen and oxygen atoms in total. The number of carbonyl (C=O) groups is 1. The molecule has 0 bridgehead atoms. The van der Waals surface area contributed by atoms with Crippen molar-refractivity contribution in [1.29, 1.82) is 0 Å². The van der Waals surface area contributed by atoms with Crippen LogP contribution in [0.25, 0.3) is 10.2 Å². The summed E-state index contributed by atoms with van der Waals surface area (Å²) in [6, 6.07) is 8.05. The summed E-state index contributed by atoms with van der Waals surface area (Å²) in [5, 5.41) is 4.31. The lowest BCUT2D eigenvalue weighted by Crippen LogP contribution is -2.52. The molecule has 1 aromatic carbocycles. The van der Waals surface area contributed by atoms with Gasteiger partial charge in [0.15, 0.2) is 5.78 Å². The quantitative estimate of drug-likeness (QED) is 0.935. The highest BCUT2D eigenvalue weighted by Crippen LogP contribution is 2.25. The molecular weight excluding hydrogens is 256 g/mol. The molecule has 4 heteroatoms. The van der Waals surface area contributed by atoms with Crippen molar-refractivity contribution in [3.05, 3.63) is 29.3 Å². The zero-order valence-corrected chi connectivity index (χ0v) is 11.9. The van der Waals surface area contributed by atoms with Gasteiger partial charge in [-0.3, -0.25) is 4.79 Å². The molecule has 0 amide bonds. The van der Waals surface area contributed by atoms with Crippen LogP contribution in [-0.4, -0.2) is 22.9 Å². The number of hydrogen-bond donors (Lipinski definition) is 1. The summed E-state index contributed by atoms with van der Waals surface area (Å²) in [5.41, 5.74) is 0.646. The van der Waals surface area contributed by atoms with Crippen molar-refractivity contribution in [3.8, 4) is 0 Å². The van der Waals surface area contributed by atoms with Gasteiger partial charge in [0.25, 0.3) is 0 Å². The lowest BCUT2D eigenvalue weighted by molar-refractivity contribution is -0.125. The predicted octanol–water partition coefficient (Wildman–Crippen LogP) is 2.94. The summed E-state index contributed by atoms with van der Waals surface area (Å²) >= 11 is 1.63. The van der Waals surface area contributed by atoms with Crippen molar-refractivity contribution in [2.24, 2.45) is 0 Å². The molecule has 1 unspecified atom stereocenters. The van der Waals surface area contributed by atoms with E-state index in [-0.39, 0.29) is 11.3 Å². The van der Waals surface area contributed by atoms with Gasteiger partial charge < -0.3 is 5.32 Å². The van der Waals surface area contributed by atoms with Crippen LogP contribution in [0.3, 0.4) is 0 Å². The Labute approximate surface area is 117 Å². The molecule has 2 heterocycles. The first-order chi connectivity index (χ1) is 9.17. The summed E-state index contributed by atoms with van der Waals surface area (Å²) < 4.78 is 1.16. The van der Waals surface area contributed by atoms with Crippen LogP contribution in [0.4, 0.5) is 0 Å². The fraction of sp³-hybridized carbons (Fsp3) is 0.467. The second kappa shape index (κ2) is 5.02. The average Bonchev–Trinajstić information content (AvgIpc) is 2.81. The van der Waals surface area contributed by atoms with E-state index in [9.17, 15) is 4.79 Å². The third-order valence-corrected chi connectivity index (χ3v) is 4.92. The lowest BCUT2D eigenvalue weighted by Gasteiger charge is -2.33. The molecule has 1 N–H and O–H groups in total. The molecule has 1 saturated heterocycles. The number of aromatic nitrogens is 1. The maximum Gasteiger partial charge on any atom is 0.159 e. The summed E-state index contributed by atoms with van der Waals surface area (Å²) in [4.78, 5) is 17.0. The smallest absolute Gasteiger partial charge is 0.159 e. The number of hydrogen-bond acceptors (Lipinski definition) is 4. The van der Waals surface area contributed by atoms with Crippen LogP contribution < -0.4 is 5.32 Å². The van der Waals surface area contributed by atoms with E-state index in [0.717, 1.165) is 34.6 Å². The fourth-order valence-corrected chi connectivity index (χ4v) is 3.59. The molecule has 100 valence electrons. The van der Waals surface area contributed by atoms with Crippen LogP contribution in [0.2, 0.25) is 0 Å². The predicted molar refractivity (Wildman–Crippen MR) is 78.6 cm³/mol. The highest BCUT2D eigenvalue weighted by atomic mass is 32.1. The highest BCUT2D eigenvalue weighted by Gasteiger charge is 2.34. The van der Waals surface area contributed by atoms with Gasteiger partial charge in [-0.2, -0.15) is 0 Å². The first kappa shape index (κ1) is 12.8. The number of rotatable bonds is 3. The number of carbonyl (C=O) groups excluding carboxylic acids is 1. The molecule has 1 fully saturated rings. The van der Waals surface area contributed by atoms with Gasteiger partial charge in [0.2, 0.25) is 0 Å². The average molecular weight is 274 g/mol. The Balaban J connectivity index is 1.78. The van der Waals surface area contributed by atoms with Crippen LogP contribution in [0.5, 0.6) is 0 Å². The van der Waals surface area contributed by atoms with E-state index >= 15 is 0 Å². The van der Waals surface area contributed by atoms with Gasteiger partial charge in [-0.1, -0.05) is 12.1 Å². The SMILES string of the molecule is CC1(C(=O)Cc2nc3ccccc3s2)CCCCN1. The Bertz CT molecular complexity index is 566. The van der Waals surface area contributed by atoms with E-state index in [1.807, 2.05) is 25.1 Å². The summed E-state index contributed by atoms with van der Waals surface area (Å²) in [6.07, 6.45) is 3.69. The molecule has 1 aliphatic heterocycles. The number of thiazole rings is 1. The maximum atomic E-state index is 12.5. The summed E-state index contributed by atoms with van der Waals surface area (Å²) in [7, 11) is 0. The van der Waals surface area contributed by atoms with Crippen LogP contribution in [0, 0.1) is 0 Å². The topological polar surface area (TPSA) is 42.0 Å². The minimum absolute atomic E-state index is 0.270. The van der Waals surface area contributed by atoms with Gasteiger partial charge >= 0.3 is 0 Å². The summed E-state index contributed by atoms with van der Waals surface area (Å²) in [6.45, 7) is 2.98. The Kier molecular flexibility index (Phi) is 3.37. The van der Waals surface area contributed by atoms with Crippen LogP contribution in [-0.2, 0) is 11.2 Å². The first-order valence-electron chi connectivity index (χ1n) is 6.80. The number of ketones is 1. The van der Waals surface area contributed by atoms with Crippen LogP contribution >= 0.6 is 11.3 Å². The van der Waals surface area contributed by atoms with Crippen LogP contribution in [0.1, 0.15) is 31.2 Å². The van der Waals surface area contributed by atoms with Gasteiger partial charge in [0.05, 0.1) is 22.2 Å². The summed E-state index contributed by atoms with van der Waals surface area (Å²) in [5.74, 6) is 0.270. The zero-order chi connectivity index (χ0) is 13.3. The van der Waals surface area contributed by atoms with Gasteiger partial charge in [-0.25, -0.2) is 4.98 Å². The molecular formula is C15H18N2OS. The Morgan fingerprint density at radius 3 is 3.00 bits per heavy atom.